The molecule has 0 spiro atoms. The Kier molecular flexibility index (Phi) is 4.45. The van der Waals surface area contributed by atoms with E-state index in [9.17, 15) is 14.7 Å². The summed E-state index contributed by atoms with van der Waals surface area (Å²) in [6.45, 7) is 2.65. The Morgan fingerprint density at radius 2 is 2.29 bits per heavy atom. The number of amides is 1. The van der Waals surface area contributed by atoms with Crippen LogP contribution in [-0.4, -0.2) is 47.1 Å². The number of carbonyl (C=O) groups excluding carboxylic acids is 1. The number of pyridine rings is 1. The number of hydrogen-bond donors (Lipinski definition) is 1. The fourth-order valence-corrected chi connectivity index (χ4v) is 2.90. The van der Waals surface area contributed by atoms with Gasteiger partial charge in [0.05, 0.1) is 12.5 Å². The lowest BCUT2D eigenvalue weighted by Gasteiger charge is -2.24. The van der Waals surface area contributed by atoms with Gasteiger partial charge in [-0.2, -0.15) is 0 Å². The molecule has 1 N–H and O–H groups in total. The van der Waals surface area contributed by atoms with E-state index in [1.54, 1.807) is 23.2 Å². The molecule has 1 aromatic heterocycles. The monoisotopic (exact) mass is 292 g/mol. The highest BCUT2D eigenvalue weighted by molar-refractivity contribution is 5.97. The Labute approximate surface area is 123 Å². The minimum atomic E-state index is -0.821. The number of aromatic nitrogens is 1. The average Bonchev–Trinajstić information content (AvgIpc) is 2.92. The number of carboxylic acid groups (broad SMARTS) is 1. The molecular weight excluding hydrogens is 272 g/mol. The smallest absolute Gasteiger partial charge is 0.311 e. The molecule has 1 fully saturated rings. The Hall–Kier alpha value is -2.11. The Balaban J connectivity index is 2.20. The molecule has 6 heteroatoms. The summed E-state index contributed by atoms with van der Waals surface area (Å²) in [6, 6.07) is 3.32. The van der Waals surface area contributed by atoms with Crippen molar-refractivity contribution in [3.8, 4) is 5.88 Å². The van der Waals surface area contributed by atoms with Gasteiger partial charge in [-0.15, -0.1) is 0 Å². The molecule has 1 aromatic rings. The van der Waals surface area contributed by atoms with Gasteiger partial charge in [0.15, 0.2) is 0 Å². The van der Waals surface area contributed by atoms with Crippen molar-refractivity contribution in [2.24, 2.45) is 5.41 Å². The van der Waals surface area contributed by atoms with Crippen molar-refractivity contribution in [3.05, 3.63) is 23.9 Å². The van der Waals surface area contributed by atoms with E-state index in [-0.39, 0.29) is 18.3 Å². The molecule has 1 aliphatic heterocycles. The van der Waals surface area contributed by atoms with Crippen LogP contribution in [0.5, 0.6) is 5.88 Å². The summed E-state index contributed by atoms with van der Waals surface area (Å²) in [5, 5.41) is 9.49. The zero-order valence-corrected chi connectivity index (χ0v) is 12.3. The van der Waals surface area contributed by atoms with Crippen molar-refractivity contribution in [1.82, 2.24) is 9.88 Å². The molecule has 114 valence electrons. The lowest BCUT2D eigenvalue weighted by molar-refractivity contribution is -0.148. The van der Waals surface area contributed by atoms with Crippen LogP contribution in [0.3, 0.4) is 0 Å². The van der Waals surface area contributed by atoms with Gasteiger partial charge in [0.2, 0.25) is 5.88 Å². The van der Waals surface area contributed by atoms with Crippen LogP contribution in [0.15, 0.2) is 18.3 Å². The SMILES string of the molecule is CCCC1(C(=O)O)CCN(C(=O)c2cccnc2OC)C1. The quantitative estimate of drug-likeness (QED) is 0.895. The maximum Gasteiger partial charge on any atom is 0.311 e. The van der Waals surface area contributed by atoms with Crippen molar-refractivity contribution < 1.29 is 19.4 Å². The van der Waals surface area contributed by atoms with Crippen molar-refractivity contribution in [2.45, 2.75) is 26.2 Å². The van der Waals surface area contributed by atoms with Gasteiger partial charge in [0.1, 0.15) is 5.56 Å². The Morgan fingerprint density at radius 3 is 2.90 bits per heavy atom. The van der Waals surface area contributed by atoms with Gasteiger partial charge in [0.25, 0.3) is 5.91 Å². The molecule has 2 heterocycles. The van der Waals surface area contributed by atoms with Crippen molar-refractivity contribution >= 4 is 11.9 Å². The summed E-state index contributed by atoms with van der Waals surface area (Å²) < 4.78 is 5.10. The molecule has 21 heavy (non-hydrogen) atoms. The van der Waals surface area contributed by atoms with Crippen LogP contribution in [0.4, 0.5) is 0 Å². The van der Waals surface area contributed by atoms with E-state index in [4.69, 9.17) is 4.74 Å². The number of likely N-dealkylation sites (tertiary alicyclic amines) is 1. The zero-order valence-electron chi connectivity index (χ0n) is 12.3. The highest BCUT2D eigenvalue weighted by atomic mass is 16.5. The van der Waals surface area contributed by atoms with Crippen LogP contribution in [0, 0.1) is 5.41 Å². The van der Waals surface area contributed by atoms with Crippen LogP contribution in [0.1, 0.15) is 36.5 Å². The second-order valence-electron chi connectivity index (χ2n) is 5.37. The third kappa shape index (κ3) is 2.84. The number of ether oxygens (including phenoxy) is 1. The highest BCUT2D eigenvalue weighted by Gasteiger charge is 2.45. The molecule has 1 unspecified atom stereocenters. The van der Waals surface area contributed by atoms with Crippen molar-refractivity contribution in [2.75, 3.05) is 20.2 Å². The zero-order chi connectivity index (χ0) is 15.5. The number of carboxylic acids is 1. The summed E-state index contributed by atoms with van der Waals surface area (Å²) in [5.41, 5.74) is -0.447. The van der Waals surface area contributed by atoms with Gasteiger partial charge in [-0.25, -0.2) is 4.98 Å². The van der Waals surface area contributed by atoms with Gasteiger partial charge >= 0.3 is 5.97 Å². The number of rotatable bonds is 5. The first-order valence-corrected chi connectivity index (χ1v) is 7.06. The van der Waals surface area contributed by atoms with E-state index in [2.05, 4.69) is 4.98 Å². The number of nitrogens with zero attached hydrogens (tertiary/aromatic N) is 2. The van der Waals surface area contributed by atoms with E-state index >= 15 is 0 Å². The van der Waals surface area contributed by atoms with Gasteiger partial charge in [-0.3, -0.25) is 9.59 Å². The molecular formula is C15H20N2O4. The molecule has 0 aliphatic carbocycles. The van der Waals surface area contributed by atoms with Gasteiger partial charge in [-0.05, 0) is 25.0 Å². The maximum absolute atomic E-state index is 12.6. The summed E-state index contributed by atoms with van der Waals surface area (Å²) in [4.78, 5) is 29.7. The van der Waals surface area contributed by atoms with Crippen LogP contribution in [0.2, 0.25) is 0 Å². The van der Waals surface area contributed by atoms with Gasteiger partial charge < -0.3 is 14.7 Å². The highest BCUT2D eigenvalue weighted by Crippen LogP contribution is 2.36. The number of methoxy groups -OCH3 is 1. The molecule has 0 aromatic carbocycles. The molecule has 0 saturated carbocycles. The minimum Gasteiger partial charge on any atom is -0.481 e. The van der Waals surface area contributed by atoms with E-state index in [1.165, 1.54) is 7.11 Å². The van der Waals surface area contributed by atoms with E-state index in [0.29, 0.717) is 24.9 Å². The molecule has 0 radical (unpaired) electrons. The number of hydrogen-bond acceptors (Lipinski definition) is 4. The summed E-state index contributed by atoms with van der Waals surface area (Å²) in [5.74, 6) is -0.775. The Bertz CT molecular complexity index is 546. The van der Waals surface area contributed by atoms with Gasteiger partial charge in [-0.1, -0.05) is 13.3 Å². The second-order valence-corrected chi connectivity index (χ2v) is 5.37. The Morgan fingerprint density at radius 1 is 1.52 bits per heavy atom. The fraction of sp³-hybridized carbons (Fsp3) is 0.533. The summed E-state index contributed by atoms with van der Waals surface area (Å²) in [6.07, 6.45) is 3.41. The van der Waals surface area contributed by atoms with Gasteiger partial charge in [0, 0.05) is 19.3 Å². The molecule has 1 aliphatic rings. The molecule has 6 nitrogen and oxygen atoms in total. The maximum atomic E-state index is 12.6. The first kappa shape index (κ1) is 15.3. The summed E-state index contributed by atoms with van der Waals surface area (Å²) in [7, 11) is 1.46. The normalized spacial score (nSPS) is 21.3. The van der Waals surface area contributed by atoms with E-state index < -0.39 is 11.4 Å². The lowest BCUT2D eigenvalue weighted by Crippen LogP contribution is -2.37. The average molecular weight is 292 g/mol. The minimum absolute atomic E-state index is 0.223. The fourth-order valence-electron chi connectivity index (χ4n) is 2.90. The molecule has 1 saturated heterocycles. The molecule has 0 bridgehead atoms. The van der Waals surface area contributed by atoms with Crippen molar-refractivity contribution in [1.29, 1.82) is 0 Å². The van der Waals surface area contributed by atoms with Crippen LogP contribution in [0.25, 0.3) is 0 Å². The predicted molar refractivity (Wildman–Crippen MR) is 76.3 cm³/mol. The van der Waals surface area contributed by atoms with Crippen LogP contribution < -0.4 is 4.74 Å². The lowest BCUT2D eigenvalue weighted by atomic mass is 9.83. The second kappa shape index (κ2) is 6.11. The van der Waals surface area contributed by atoms with E-state index in [0.717, 1.165) is 6.42 Å². The van der Waals surface area contributed by atoms with Crippen LogP contribution >= 0.6 is 0 Å². The standard InChI is InChI=1S/C15H20N2O4/c1-3-6-15(14(19)20)7-9-17(10-15)13(18)11-5-4-8-16-12(11)21-2/h4-5,8H,3,6-7,9-10H2,1-2H3,(H,19,20). The number of aliphatic carboxylic acids is 1. The van der Waals surface area contributed by atoms with Crippen molar-refractivity contribution in [3.63, 3.8) is 0 Å². The predicted octanol–water partition coefficient (Wildman–Crippen LogP) is 1.81. The first-order chi connectivity index (χ1) is 10.0. The van der Waals surface area contributed by atoms with E-state index in [1.807, 2.05) is 6.92 Å². The molecule has 2 rings (SSSR count). The molecule has 1 amide bonds. The number of carbonyl (C=O) groups is 2. The third-order valence-electron chi connectivity index (χ3n) is 4.02. The topological polar surface area (TPSA) is 79.7 Å². The third-order valence-corrected chi connectivity index (χ3v) is 4.02. The van der Waals surface area contributed by atoms with Crippen LogP contribution in [-0.2, 0) is 4.79 Å². The summed E-state index contributed by atoms with van der Waals surface area (Å²) >= 11 is 0. The largest absolute Gasteiger partial charge is 0.481 e. The first-order valence-electron chi connectivity index (χ1n) is 7.06. The molecule has 1 atom stereocenters.